The molecule has 1 fully saturated rings. The van der Waals surface area contributed by atoms with E-state index in [-0.39, 0.29) is 24.1 Å². The summed E-state index contributed by atoms with van der Waals surface area (Å²) in [5.41, 5.74) is 0.832. The first kappa shape index (κ1) is 19.3. The Morgan fingerprint density at radius 3 is 2.88 bits per heavy atom. The molecule has 2 aliphatic heterocycles. The molecule has 0 aromatic carbocycles. The van der Waals surface area contributed by atoms with Gasteiger partial charge in [-0.2, -0.15) is 9.40 Å². The molecule has 26 heavy (non-hydrogen) atoms. The lowest BCUT2D eigenvalue weighted by molar-refractivity contribution is -0.122. The van der Waals surface area contributed by atoms with Crippen molar-refractivity contribution < 1.29 is 17.9 Å². The Kier molecular flexibility index (Phi) is 6.31. The molecule has 1 amide bonds. The van der Waals surface area contributed by atoms with E-state index < -0.39 is 10.0 Å². The molecule has 1 aromatic rings. The minimum absolute atomic E-state index is 0.0577. The fraction of sp³-hybridized carbons (Fsp3) is 0.765. The summed E-state index contributed by atoms with van der Waals surface area (Å²) in [6.45, 7) is 4.63. The largest absolute Gasteiger partial charge is 0.381 e. The highest BCUT2D eigenvalue weighted by molar-refractivity contribution is 7.89. The third-order valence-electron chi connectivity index (χ3n) is 5.06. The van der Waals surface area contributed by atoms with Crippen molar-refractivity contribution >= 4 is 15.9 Å². The molecular formula is C17H28N4O4S. The van der Waals surface area contributed by atoms with Gasteiger partial charge in [0.05, 0.1) is 30.5 Å². The number of hydrogen-bond donors (Lipinski definition) is 1. The Hall–Kier alpha value is -1.45. The molecule has 0 bridgehead atoms. The molecular weight excluding hydrogens is 356 g/mol. The first-order valence-electron chi connectivity index (χ1n) is 9.34. The first-order chi connectivity index (χ1) is 12.5. The van der Waals surface area contributed by atoms with Gasteiger partial charge in [0.15, 0.2) is 0 Å². The molecule has 0 radical (unpaired) electrons. The Balaban J connectivity index is 1.61. The van der Waals surface area contributed by atoms with Crippen LogP contribution in [0.2, 0.25) is 0 Å². The van der Waals surface area contributed by atoms with Crippen LogP contribution in [-0.2, 0) is 26.1 Å². The van der Waals surface area contributed by atoms with Crippen molar-refractivity contribution in [3.05, 3.63) is 18.0 Å². The number of ether oxygens (including phenoxy) is 1. The molecule has 1 N–H and O–H groups in total. The van der Waals surface area contributed by atoms with Crippen molar-refractivity contribution in [1.29, 1.82) is 0 Å². The van der Waals surface area contributed by atoms with E-state index in [0.717, 1.165) is 31.7 Å². The van der Waals surface area contributed by atoms with Crippen molar-refractivity contribution in [3.63, 3.8) is 0 Å². The van der Waals surface area contributed by atoms with Gasteiger partial charge in [-0.25, -0.2) is 8.42 Å². The minimum Gasteiger partial charge on any atom is -0.381 e. The second-order valence-electron chi connectivity index (χ2n) is 7.09. The lowest BCUT2D eigenvalue weighted by Gasteiger charge is -2.33. The first-order valence-corrected chi connectivity index (χ1v) is 10.9. The van der Waals surface area contributed by atoms with E-state index in [0.29, 0.717) is 32.0 Å². The van der Waals surface area contributed by atoms with Crippen LogP contribution in [0.3, 0.4) is 0 Å². The zero-order valence-electron chi connectivity index (χ0n) is 15.3. The van der Waals surface area contributed by atoms with Crippen LogP contribution in [-0.4, -0.2) is 60.5 Å². The Labute approximate surface area is 154 Å². The highest BCUT2D eigenvalue weighted by Crippen LogP contribution is 2.25. The SMILES string of the molecule is CCCS(=O)(=O)N1Cc2ccnn2C(CC(=O)NCC2CCOCC2)C1. The van der Waals surface area contributed by atoms with E-state index in [1.807, 2.05) is 13.0 Å². The van der Waals surface area contributed by atoms with E-state index in [9.17, 15) is 13.2 Å². The van der Waals surface area contributed by atoms with Crippen molar-refractivity contribution in [2.45, 2.75) is 45.2 Å². The minimum atomic E-state index is -3.31. The summed E-state index contributed by atoms with van der Waals surface area (Å²) in [7, 11) is -3.31. The molecule has 1 aromatic heterocycles. The second kappa shape index (κ2) is 8.49. The summed E-state index contributed by atoms with van der Waals surface area (Å²) in [6.07, 6.45) is 4.41. The standard InChI is InChI=1S/C17H28N4O4S/c1-2-9-26(23,24)20-12-15-3-6-19-21(15)16(13-20)10-17(22)18-11-14-4-7-25-8-5-14/h3,6,14,16H,2,4-5,7-13H2,1H3,(H,18,22). The monoisotopic (exact) mass is 384 g/mol. The van der Waals surface area contributed by atoms with Gasteiger partial charge in [-0.05, 0) is 31.2 Å². The number of fused-ring (bicyclic) bond motifs is 1. The zero-order chi connectivity index (χ0) is 18.6. The van der Waals surface area contributed by atoms with Gasteiger partial charge in [0.2, 0.25) is 15.9 Å². The number of nitrogens with zero attached hydrogens (tertiary/aromatic N) is 3. The van der Waals surface area contributed by atoms with E-state index >= 15 is 0 Å². The topological polar surface area (TPSA) is 93.5 Å². The molecule has 1 atom stereocenters. The lowest BCUT2D eigenvalue weighted by atomic mass is 10.0. The fourth-order valence-corrected chi connectivity index (χ4v) is 5.10. The van der Waals surface area contributed by atoms with Gasteiger partial charge >= 0.3 is 0 Å². The molecule has 3 rings (SSSR count). The third-order valence-corrected chi connectivity index (χ3v) is 7.05. The van der Waals surface area contributed by atoms with Gasteiger partial charge < -0.3 is 10.1 Å². The van der Waals surface area contributed by atoms with Gasteiger partial charge in [-0.3, -0.25) is 9.48 Å². The molecule has 8 nitrogen and oxygen atoms in total. The maximum Gasteiger partial charge on any atom is 0.222 e. The van der Waals surface area contributed by atoms with Crippen LogP contribution >= 0.6 is 0 Å². The van der Waals surface area contributed by atoms with E-state index in [2.05, 4.69) is 10.4 Å². The molecule has 9 heteroatoms. The molecule has 0 spiro atoms. The number of aromatic nitrogens is 2. The maximum absolute atomic E-state index is 12.5. The van der Waals surface area contributed by atoms with Crippen molar-refractivity contribution in [3.8, 4) is 0 Å². The maximum atomic E-state index is 12.5. The molecule has 2 aliphatic rings. The second-order valence-corrected chi connectivity index (χ2v) is 9.18. The van der Waals surface area contributed by atoms with Crippen LogP contribution < -0.4 is 5.32 Å². The predicted octanol–water partition coefficient (Wildman–Crippen LogP) is 0.913. The van der Waals surface area contributed by atoms with Crippen LogP contribution in [0, 0.1) is 5.92 Å². The van der Waals surface area contributed by atoms with Crippen LogP contribution in [0.15, 0.2) is 12.3 Å². The fourth-order valence-electron chi connectivity index (χ4n) is 3.60. The molecule has 0 aliphatic carbocycles. The van der Waals surface area contributed by atoms with E-state index in [1.54, 1.807) is 10.9 Å². The highest BCUT2D eigenvalue weighted by atomic mass is 32.2. The van der Waals surface area contributed by atoms with Crippen molar-refractivity contribution in [2.75, 3.05) is 32.1 Å². The Morgan fingerprint density at radius 2 is 2.15 bits per heavy atom. The van der Waals surface area contributed by atoms with Crippen LogP contribution in [0.4, 0.5) is 0 Å². The number of amides is 1. The summed E-state index contributed by atoms with van der Waals surface area (Å²) in [5.74, 6) is 0.530. The van der Waals surface area contributed by atoms with E-state index in [4.69, 9.17) is 4.74 Å². The normalized spacial score (nSPS) is 22.1. The Bertz CT molecular complexity index is 712. The smallest absolute Gasteiger partial charge is 0.222 e. The number of hydrogen-bond acceptors (Lipinski definition) is 5. The summed E-state index contributed by atoms with van der Waals surface area (Å²) in [5, 5.41) is 7.30. The van der Waals surface area contributed by atoms with E-state index in [1.165, 1.54) is 4.31 Å². The van der Waals surface area contributed by atoms with Gasteiger partial charge in [0.1, 0.15) is 0 Å². The summed E-state index contributed by atoms with van der Waals surface area (Å²) < 4.78 is 33.6. The molecule has 1 unspecified atom stereocenters. The molecule has 146 valence electrons. The molecule has 1 saturated heterocycles. The van der Waals surface area contributed by atoms with Crippen LogP contribution in [0.1, 0.15) is 44.3 Å². The number of nitrogens with one attached hydrogen (secondary N) is 1. The predicted molar refractivity (Wildman–Crippen MR) is 96.9 cm³/mol. The quantitative estimate of drug-likeness (QED) is 0.754. The van der Waals surface area contributed by atoms with Crippen molar-refractivity contribution in [1.82, 2.24) is 19.4 Å². The lowest BCUT2D eigenvalue weighted by Crippen LogP contribution is -2.44. The zero-order valence-corrected chi connectivity index (χ0v) is 16.1. The van der Waals surface area contributed by atoms with Gasteiger partial charge in [0, 0.05) is 32.5 Å². The molecule has 3 heterocycles. The number of carbonyl (C=O) groups excluding carboxylic acids is 1. The third kappa shape index (κ3) is 4.63. The van der Waals surface area contributed by atoms with Crippen LogP contribution in [0.25, 0.3) is 0 Å². The number of sulfonamides is 1. The molecule has 0 saturated carbocycles. The van der Waals surface area contributed by atoms with Crippen molar-refractivity contribution in [2.24, 2.45) is 5.92 Å². The van der Waals surface area contributed by atoms with Gasteiger partial charge in [0.25, 0.3) is 0 Å². The summed E-state index contributed by atoms with van der Waals surface area (Å²) in [6, 6.07) is 1.55. The summed E-state index contributed by atoms with van der Waals surface area (Å²) >= 11 is 0. The number of carbonyl (C=O) groups is 1. The highest BCUT2D eigenvalue weighted by Gasteiger charge is 2.33. The van der Waals surface area contributed by atoms with Crippen LogP contribution in [0.5, 0.6) is 0 Å². The summed E-state index contributed by atoms with van der Waals surface area (Å²) in [4.78, 5) is 12.4. The number of rotatable bonds is 7. The van der Waals surface area contributed by atoms with Gasteiger partial charge in [-0.15, -0.1) is 0 Å². The Morgan fingerprint density at radius 1 is 1.38 bits per heavy atom. The van der Waals surface area contributed by atoms with Gasteiger partial charge in [-0.1, -0.05) is 6.92 Å². The average Bonchev–Trinajstić information content (AvgIpc) is 3.10. The average molecular weight is 385 g/mol.